The Balaban J connectivity index is 0.973. The van der Waals surface area contributed by atoms with Gasteiger partial charge in [-0.1, -0.05) is 12.1 Å². The summed E-state index contributed by atoms with van der Waals surface area (Å²) in [6, 6.07) is 1.92. The molecule has 4 heterocycles. The Labute approximate surface area is 401 Å². The average Bonchev–Trinajstić information content (AvgIpc) is 3.88. The van der Waals surface area contributed by atoms with Gasteiger partial charge < -0.3 is 64.6 Å². The van der Waals surface area contributed by atoms with Crippen molar-refractivity contribution in [3.05, 3.63) is 63.7 Å². The highest BCUT2D eigenvalue weighted by Gasteiger charge is 2.55. The fraction of sp³-hybridized carbons (Fsp3) is 0.532. The molecular formula is C47H56N6O17. The zero-order valence-electron chi connectivity index (χ0n) is 39.3. The van der Waals surface area contributed by atoms with Gasteiger partial charge in [0, 0.05) is 101 Å². The Morgan fingerprint density at radius 3 is 2.34 bits per heavy atom. The molecule has 6 N–H and O–H groups in total. The minimum Gasteiger partial charge on any atom is -0.507 e. The first kappa shape index (κ1) is 50.1. The number of benzene rings is 2. The number of nitrogens with one attached hydrogen (secondary N) is 3. The molecule has 8 rings (SSSR count). The topological polar surface area (TPSA) is 298 Å². The number of hydrogen-bond acceptors (Lipinski definition) is 18. The molecule has 23 nitrogen and oxygen atoms in total. The molecule has 0 aromatic heterocycles. The minimum absolute atomic E-state index is 0.0682. The minimum atomic E-state index is -2.37. The molecule has 4 aliphatic heterocycles. The number of morpholine rings is 1. The smallest absolute Gasteiger partial charge is 0.254 e. The summed E-state index contributed by atoms with van der Waals surface area (Å²) in [6.45, 7) is 4.96. The van der Waals surface area contributed by atoms with E-state index >= 15 is 0 Å². The first-order valence-corrected chi connectivity index (χ1v) is 22.9. The third kappa shape index (κ3) is 9.13. The summed E-state index contributed by atoms with van der Waals surface area (Å²) in [5.74, 6) is -6.87. The van der Waals surface area contributed by atoms with E-state index in [2.05, 4.69) is 20.9 Å². The van der Waals surface area contributed by atoms with Crippen LogP contribution in [-0.2, 0) is 58.9 Å². The summed E-state index contributed by atoms with van der Waals surface area (Å²) in [7, 11) is 4.21. The lowest BCUT2D eigenvalue weighted by atomic mass is 9.72. The number of carbonyl (C=O) groups is 8. The summed E-state index contributed by atoms with van der Waals surface area (Å²) in [4.78, 5) is 109. The maximum Gasteiger partial charge on any atom is 0.254 e. The third-order valence-corrected chi connectivity index (χ3v) is 13.7. The number of hydrogen-bond donors (Lipinski definition) is 6. The van der Waals surface area contributed by atoms with Crippen molar-refractivity contribution in [1.29, 1.82) is 0 Å². The third-order valence-electron chi connectivity index (χ3n) is 13.7. The molecule has 6 aliphatic rings. The van der Waals surface area contributed by atoms with Crippen molar-refractivity contribution in [3.8, 4) is 17.2 Å². The van der Waals surface area contributed by atoms with Gasteiger partial charge in [0.25, 0.3) is 17.7 Å². The molecule has 3 saturated heterocycles. The largest absolute Gasteiger partial charge is 0.507 e. The van der Waals surface area contributed by atoms with Gasteiger partial charge in [0.1, 0.15) is 41.0 Å². The van der Waals surface area contributed by atoms with Crippen LogP contribution in [0, 0.1) is 0 Å². The molecule has 70 heavy (non-hydrogen) atoms. The quantitative estimate of drug-likeness (QED) is 0.0790. The fourth-order valence-corrected chi connectivity index (χ4v) is 10.1. The summed E-state index contributed by atoms with van der Waals surface area (Å²) < 4.78 is 36.0. The lowest BCUT2D eigenvalue weighted by molar-refractivity contribution is -0.256. The van der Waals surface area contributed by atoms with Crippen molar-refractivity contribution in [1.82, 2.24) is 30.7 Å². The molecule has 2 aliphatic carbocycles. The SMILES string of the molecule is COc1cccc2c1C(=O)c1c(O)c3c(c(O)c1C2=O)C[C@@](O)(C(=O)N(C)CCNC(=O)[C@H](C)NC(=O)[C@H](C)NC(=O)CCN1C(=O)C=CC1=O)C[C@@H]3O[C@H]1C[C@H]2[C@H](O[C@@H]3[C@@H](OC)OCCN32)[C@H](C)O1. The van der Waals surface area contributed by atoms with Gasteiger partial charge in [-0.15, -0.1) is 0 Å². The van der Waals surface area contributed by atoms with E-state index in [0.29, 0.717) is 13.2 Å². The van der Waals surface area contributed by atoms with Crippen LogP contribution in [0.25, 0.3) is 0 Å². The molecular weight excluding hydrogens is 921 g/mol. The second kappa shape index (κ2) is 19.8. The number of aliphatic hydroxyl groups is 1. The molecule has 376 valence electrons. The first-order chi connectivity index (χ1) is 33.3. The molecule has 0 saturated carbocycles. The monoisotopic (exact) mass is 976 g/mol. The molecule has 3 fully saturated rings. The number of fused-ring (bicyclic) bond motifs is 6. The van der Waals surface area contributed by atoms with Crippen molar-refractivity contribution >= 4 is 47.0 Å². The summed E-state index contributed by atoms with van der Waals surface area (Å²) >= 11 is 0. The molecule has 23 heteroatoms. The first-order valence-electron chi connectivity index (χ1n) is 22.9. The lowest BCUT2D eigenvalue weighted by Crippen LogP contribution is -2.56. The van der Waals surface area contributed by atoms with Crippen LogP contribution in [0.15, 0.2) is 30.4 Å². The number of rotatable bonds is 15. The van der Waals surface area contributed by atoms with Crippen LogP contribution in [0.2, 0.25) is 0 Å². The number of phenols is 2. The van der Waals surface area contributed by atoms with Crippen LogP contribution in [0.5, 0.6) is 17.2 Å². The molecule has 0 unspecified atom stereocenters. The van der Waals surface area contributed by atoms with E-state index in [0.717, 1.165) is 22.0 Å². The second-order valence-electron chi connectivity index (χ2n) is 18.1. The van der Waals surface area contributed by atoms with Gasteiger partial charge in [-0.25, -0.2) is 0 Å². The van der Waals surface area contributed by atoms with Crippen molar-refractivity contribution in [2.45, 2.75) is 107 Å². The molecule has 0 radical (unpaired) electrons. The second-order valence-corrected chi connectivity index (χ2v) is 18.1. The number of aromatic hydroxyl groups is 2. The number of likely N-dealkylation sites (N-methyl/N-ethyl adjacent to an activating group) is 1. The van der Waals surface area contributed by atoms with Gasteiger partial charge in [-0.3, -0.25) is 48.2 Å². The van der Waals surface area contributed by atoms with E-state index in [1.165, 1.54) is 53.3 Å². The van der Waals surface area contributed by atoms with E-state index in [4.69, 9.17) is 28.4 Å². The number of ketones is 2. The highest BCUT2D eigenvalue weighted by atomic mass is 16.7. The number of imide groups is 1. The molecule has 0 spiro atoms. The Morgan fingerprint density at radius 2 is 1.64 bits per heavy atom. The number of nitrogens with zero attached hydrogens (tertiary/aromatic N) is 3. The summed E-state index contributed by atoms with van der Waals surface area (Å²) in [6.07, 6.45) is -3.61. The van der Waals surface area contributed by atoms with E-state index in [9.17, 15) is 53.7 Å². The van der Waals surface area contributed by atoms with Crippen LogP contribution in [0.1, 0.15) is 89.1 Å². The molecule has 10 atom stereocenters. The molecule has 2 aromatic carbocycles. The average molecular weight is 977 g/mol. The predicted molar refractivity (Wildman–Crippen MR) is 238 cm³/mol. The highest BCUT2D eigenvalue weighted by molar-refractivity contribution is 6.31. The maximum absolute atomic E-state index is 14.4. The van der Waals surface area contributed by atoms with E-state index in [-0.39, 0.29) is 66.5 Å². The van der Waals surface area contributed by atoms with Crippen LogP contribution in [0.4, 0.5) is 0 Å². The molecule has 2 aromatic rings. The lowest BCUT2D eigenvalue weighted by Gasteiger charge is -2.44. The number of carbonyl (C=O) groups excluding carboxylic acids is 8. The molecule has 6 amide bonds. The van der Waals surface area contributed by atoms with E-state index in [1.54, 1.807) is 6.92 Å². The van der Waals surface area contributed by atoms with Crippen LogP contribution in [-0.4, -0.2) is 186 Å². The Kier molecular flexibility index (Phi) is 14.2. The zero-order valence-corrected chi connectivity index (χ0v) is 39.3. The highest BCUT2D eigenvalue weighted by Crippen LogP contribution is 2.53. The maximum atomic E-state index is 14.4. The molecule has 0 bridgehead atoms. The Bertz CT molecular complexity index is 2530. The Morgan fingerprint density at radius 1 is 0.943 bits per heavy atom. The van der Waals surface area contributed by atoms with E-state index < -0.39 is 137 Å². The van der Waals surface area contributed by atoms with Crippen LogP contribution in [0.3, 0.4) is 0 Å². The van der Waals surface area contributed by atoms with Gasteiger partial charge in [0.15, 0.2) is 24.6 Å². The fourth-order valence-electron chi connectivity index (χ4n) is 10.1. The zero-order chi connectivity index (χ0) is 50.5. The van der Waals surface area contributed by atoms with Crippen molar-refractivity contribution in [2.75, 3.05) is 54.1 Å². The van der Waals surface area contributed by atoms with Gasteiger partial charge in [0.2, 0.25) is 23.5 Å². The van der Waals surface area contributed by atoms with Crippen molar-refractivity contribution in [3.63, 3.8) is 0 Å². The number of methoxy groups -OCH3 is 2. The van der Waals surface area contributed by atoms with Crippen molar-refractivity contribution < 1.29 is 82.1 Å². The van der Waals surface area contributed by atoms with Crippen LogP contribution < -0.4 is 20.7 Å². The number of ether oxygens (including phenoxy) is 6. The van der Waals surface area contributed by atoms with Gasteiger partial charge in [0.05, 0.1) is 42.6 Å². The normalized spacial score (nSPS) is 27.6. The number of amides is 6. The van der Waals surface area contributed by atoms with Crippen LogP contribution >= 0.6 is 0 Å². The van der Waals surface area contributed by atoms with E-state index in [1.807, 2.05) is 0 Å². The summed E-state index contributed by atoms with van der Waals surface area (Å²) in [5.41, 5.74) is -3.90. The summed E-state index contributed by atoms with van der Waals surface area (Å²) in [5, 5.41) is 44.2. The van der Waals surface area contributed by atoms with Crippen molar-refractivity contribution in [2.24, 2.45) is 0 Å². The standard InChI is InChI=1S/C47H56N6O17/c1-21(50-43(62)22(2)49-29(54)12-14-53-30(55)10-11-31(53)56)42(61)48-13-15-51(4)46(63)47(64)19-25-34(40(60)36-35(38(25)58)37(57)24-8-7-9-27(65-5)33(24)39(36)59)28(20-47)69-32-18-26-41(23(3)68-32)70-44-45(66-6)67-17-16-52(26)44/h7-11,21-23,26,28,32,41,44-45,58,60,64H,12-20H2,1-6H3,(H,48,61)(H,49,54)(H,50,62)/t21-,22-,23-,26-,28-,32-,41+,44+,45-,47-/m0/s1. The van der Waals surface area contributed by atoms with Gasteiger partial charge in [-0.05, 0) is 26.8 Å². The predicted octanol–water partition coefficient (Wildman–Crippen LogP) is -0.951. The van der Waals surface area contributed by atoms with Gasteiger partial charge in [-0.2, -0.15) is 0 Å². The number of phenolic OH excluding ortho intramolecular Hbond substituents is 2. The Hall–Kier alpha value is -6.34. The van der Waals surface area contributed by atoms with Gasteiger partial charge >= 0.3 is 0 Å².